The molecule has 3 aromatic rings. The molecule has 5 nitrogen and oxygen atoms in total. The Morgan fingerprint density at radius 2 is 2.00 bits per heavy atom. The number of nitrogens with one attached hydrogen (secondary N) is 2. The summed E-state index contributed by atoms with van der Waals surface area (Å²) in [4.78, 5) is 27.0. The molecular formula is C15H12N2O3S. The molecule has 0 atom stereocenters. The van der Waals surface area contributed by atoms with Crippen molar-refractivity contribution in [3.05, 3.63) is 53.0 Å². The normalized spacial score (nSPS) is 10.5. The second-order valence-electron chi connectivity index (χ2n) is 4.36. The predicted octanol–water partition coefficient (Wildman–Crippen LogP) is 3.27. The highest BCUT2D eigenvalue weighted by Crippen LogP contribution is 2.26. The van der Waals surface area contributed by atoms with Crippen LogP contribution >= 0.6 is 11.3 Å². The van der Waals surface area contributed by atoms with Crippen molar-refractivity contribution >= 4 is 39.1 Å². The van der Waals surface area contributed by atoms with Crippen LogP contribution in [0.5, 0.6) is 0 Å². The van der Waals surface area contributed by atoms with Crippen molar-refractivity contribution in [3.8, 4) is 0 Å². The van der Waals surface area contributed by atoms with Crippen LogP contribution in [0.3, 0.4) is 0 Å². The van der Waals surface area contributed by atoms with E-state index >= 15 is 0 Å². The molecule has 0 aliphatic rings. The van der Waals surface area contributed by atoms with Crippen molar-refractivity contribution in [1.82, 2.24) is 4.98 Å². The van der Waals surface area contributed by atoms with Gasteiger partial charge in [-0.2, -0.15) is 0 Å². The lowest BCUT2D eigenvalue weighted by molar-refractivity contribution is 0.0602. The maximum absolute atomic E-state index is 12.4. The highest BCUT2D eigenvalue weighted by molar-refractivity contribution is 7.14. The summed E-state index contributed by atoms with van der Waals surface area (Å²) in [5.74, 6) is -0.731. The minimum absolute atomic E-state index is 0.264. The largest absolute Gasteiger partial charge is 0.465 e. The first-order valence-corrected chi connectivity index (χ1v) is 7.12. The Morgan fingerprint density at radius 3 is 2.81 bits per heavy atom. The number of amides is 1. The first kappa shape index (κ1) is 13.4. The molecule has 0 radical (unpaired) electrons. The lowest BCUT2D eigenvalue weighted by atomic mass is 10.1. The Bertz CT molecular complexity index is 819. The van der Waals surface area contributed by atoms with Crippen LogP contribution in [0.15, 0.2) is 41.9 Å². The van der Waals surface area contributed by atoms with Crippen LogP contribution in [-0.2, 0) is 4.74 Å². The van der Waals surface area contributed by atoms with Gasteiger partial charge in [-0.25, -0.2) is 4.79 Å². The Labute approximate surface area is 124 Å². The standard InChI is InChI=1S/C15H12N2O3S/c1-20-15(19)10-6-7-21-14(10)17-13(18)11-8-16-12-5-3-2-4-9(11)12/h2-8,16H,1H3,(H,17,18). The average Bonchev–Trinajstić information content (AvgIpc) is 3.12. The Morgan fingerprint density at radius 1 is 1.19 bits per heavy atom. The summed E-state index contributed by atoms with van der Waals surface area (Å²) < 4.78 is 4.69. The number of H-pyrrole nitrogens is 1. The number of anilines is 1. The summed E-state index contributed by atoms with van der Waals surface area (Å²) in [6.07, 6.45) is 1.66. The van der Waals surface area contributed by atoms with Crippen molar-refractivity contribution in [2.45, 2.75) is 0 Å². The SMILES string of the molecule is COC(=O)c1ccsc1NC(=O)c1c[nH]c2ccccc12. The van der Waals surface area contributed by atoms with Gasteiger partial charge in [0, 0.05) is 17.1 Å². The number of esters is 1. The highest BCUT2D eigenvalue weighted by atomic mass is 32.1. The molecule has 0 aliphatic carbocycles. The summed E-state index contributed by atoms with van der Waals surface area (Å²) in [6, 6.07) is 9.17. The molecule has 0 saturated heterocycles. The van der Waals surface area contributed by atoms with E-state index in [0.29, 0.717) is 16.1 Å². The molecule has 2 heterocycles. The second kappa shape index (κ2) is 5.41. The van der Waals surface area contributed by atoms with Crippen LogP contribution in [-0.4, -0.2) is 24.0 Å². The van der Waals surface area contributed by atoms with Gasteiger partial charge in [0.25, 0.3) is 5.91 Å². The monoisotopic (exact) mass is 300 g/mol. The van der Waals surface area contributed by atoms with E-state index in [4.69, 9.17) is 0 Å². The van der Waals surface area contributed by atoms with Gasteiger partial charge in [0.2, 0.25) is 0 Å². The fraction of sp³-hybridized carbons (Fsp3) is 0.0667. The van der Waals surface area contributed by atoms with E-state index in [1.807, 2.05) is 24.3 Å². The molecule has 0 aliphatic heterocycles. The zero-order valence-electron chi connectivity index (χ0n) is 11.2. The molecule has 1 aromatic carbocycles. The maximum Gasteiger partial charge on any atom is 0.340 e. The van der Waals surface area contributed by atoms with Gasteiger partial charge in [0.05, 0.1) is 18.2 Å². The number of hydrogen-bond acceptors (Lipinski definition) is 4. The number of rotatable bonds is 3. The van der Waals surface area contributed by atoms with Crippen LogP contribution < -0.4 is 5.32 Å². The van der Waals surface area contributed by atoms with Crippen molar-refractivity contribution in [2.75, 3.05) is 12.4 Å². The average molecular weight is 300 g/mol. The molecule has 2 aromatic heterocycles. The molecule has 6 heteroatoms. The van der Waals surface area contributed by atoms with Gasteiger partial charge in [-0.15, -0.1) is 11.3 Å². The highest BCUT2D eigenvalue weighted by Gasteiger charge is 2.17. The molecule has 1 amide bonds. The van der Waals surface area contributed by atoms with E-state index in [-0.39, 0.29) is 5.91 Å². The first-order chi connectivity index (χ1) is 10.2. The zero-order chi connectivity index (χ0) is 14.8. The quantitative estimate of drug-likeness (QED) is 0.729. The summed E-state index contributed by atoms with van der Waals surface area (Å²) in [7, 11) is 1.31. The number of carbonyl (C=O) groups is 2. The van der Waals surface area contributed by atoms with Crippen LogP contribution in [0, 0.1) is 0 Å². The van der Waals surface area contributed by atoms with Gasteiger partial charge in [-0.05, 0) is 17.5 Å². The van der Waals surface area contributed by atoms with Gasteiger partial charge in [0.15, 0.2) is 0 Å². The molecule has 0 fully saturated rings. The third-order valence-electron chi connectivity index (χ3n) is 3.13. The van der Waals surface area contributed by atoms with E-state index in [1.54, 1.807) is 17.6 Å². The van der Waals surface area contributed by atoms with E-state index in [2.05, 4.69) is 15.0 Å². The van der Waals surface area contributed by atoms with E-state index in [0.717, 1.165) is 10.9 Å². The summed E-state index contributed by atoms with van der Waals surface area (Å²) >= 11 is 1.28. The first-order valence-electron chi connectivity index (χ1n) is 6.24. The van der Waals surface area contributed by atoms with Crippen molar-refractivity contribution in [3.63, 3.8) is 0 Å². The minimum Gasteiger partial charge on any atom is -0.465 e. The van der Waals surface area contributed by atoms with Crippen LogP contribution in [0.25, 0.3) is 10.9 Å². The van der Waals surface area contributed by atoms with Gasteiger partial charge in [0.1, 0.15) is 5.00 Å². The molecule has 21 heavy (non-hydrogen) atoms. The summed E-state index contributed by atoms with van der Waals surface area (Å²) in [6.45, 7) is 0. The van der Waals surface area contributed by atoms with Crippen molar-refractivity contribution in [2.24, 2.45) is 0 Å². The van der Waals surface area contributed by atoms with Crippen molar-refractivity contribution in [1.29, 1.82) is 0 Å². The predicted molar refractivity (Wildman–Crippen MR) is 81.9 cm³/mol. The number of benzene rings is 1. The number of hydrogen-bond donors (Lipinski definition) is 2. The summed E-state index contributed by atoms with van der Waals surface area (Å²) in [5, 5.41) is 5.81. The maximum atomic E-state index is 12.4. The molecule has 2 N–H and O–H groups in total. The van der Waals surface area contributed by atoms with Crippen LogP contribution in [0.4, 0.5) is 5.00 Å². The zero-order valence-corrected chi connectivity index (χ0v) is 12.0. The third kappa shape index (κ3) is 2.41. The molecule has 3 rings (SSSR count). The van der Waals surface area contributed by atoms with Gasteiger partial charge in [-0.3, -0.25) is 4.79 Å². The van der Waals surface area contributed by atoms with Crippen LogP contribution in [0.1, 0.15) is 20.7 Å². The number of thiophene rings is 1. The Hall–Kier alpha value is -2.60. The minimum atomic E-state index is -0.467. The van der Waals surface area contributed by atoms with Gasteiger partial charge in [-0.1, -0.05) is 18.2 Å². The number of para-hydroxylation sites is 1. The van der Waals surface area contributed by atoms with E-state index < -0.39 is 5.97 Å². The Balaban J connectivity index is 1.90. The molecule has 0 saturated carbocycles. The number of ether oxygens (including phenoxy) is 1. The molecule has 0 spiro atoms. The lowest BCUT2D eigenvalue weighted by Crippen LogP contribution is -2.13. The number of aromatic amines is 1. The smallest absolute Gasteiger partial charge is 0.340 e. The van der Waals surface area contributed by atoms with Gasteiger partial charge >= 0.3 is 5.97 Å². The van der Waals surface area contributed by atoms with Crippen LogP contribution in [0.2, 0.25) is 0 Å². The number of methoxy groups -OCH3 is 1. The molecule has 106 valence electrons. The molecular weight excluding hydrogens is 288 g/mol. The summed E-state index contributed by atoms with van der Waals surface area (Å²) in [5.41, 5.74) is 1.78. The number of fused-ring (bicyclic) bond motifs is 1. The third-order valence-corrected chi connectivity index (χ3v) is 3.96. The van der Waals surface area contributed by atoms with Crippen molar-refractivity contribution < 1.29 is 14.3 Å². The van der Waals surface area contributed by atoms with E-state index in [9.17, 15) is 9.59 Å². The fourth-order valence-corrected chi connectivity index (χ4v) is 2.88. The van der Waals surface area contributed by atoms with E-state index in [1.165, 1.54) is 18.4 Å². The second-order valence-corrected chi connectivity index (χ2v) is 5.27. The molecule has 0 unspecified atom stereocenters. The van der Waals surface area contributed by atoms with Gasteiger partial charge < -0.3 is 15.0 Å². The lowest BCUT2D eigenvalue weighted by Gasteiger charge is -2.04. The molecule has 0 bridgehead atoms. The topological polar surface area (TPSA) is 71.2 Å². The Kier molecular flexibility index (Phi) is 3.45. The number of carbonyl (C=O) groups excluding carboxylic acids is 2. The number of aromatic nitrogens is 1. The fourth-order valence-electron chi connectivity index (χ4n) is 2.11.